The van der Waals surface area contributed by atoms with Gasteiger partial charge in [0, 0.05) is 5.02 Å². The van der Waals surface area contributed by atoms with Gasteiger partial charge in [-0.15, -0.1) is 0 Å². The molecule has 7 heteroatoms. The largest absolute Gasteiger partial charge is 0.491 e. The van der Waals surface area contributed by atoms with Crippen molar-refractivity contribution in [3.05, 3.63) is 69.7 Å². The van der Waals surface area contributed by atoms with Gasteiger partial charge in [-0.2, -0.15) is 5.26 Å². The zero-order valence-electron chi connectivity index (χ0n) is 13.8. The molecular formula is C19H16ClN3O3. The van der Waals surface area contributed by atoms with Crippen molar-refractivity contribution in [1.29, 1.82) is 5.26 Å². The second kappa shape index (κ2) is 8.00. The summed E-state index contributed by atoms with van der Waals surface area (Å²) in [6, 6.07) is 14.0. The molecule has 1 unspecified atom stereocenters. The molecule has 0 aliphatic heterocycles. The minimum Gasteiger partial charge on any atom is -0.491 e. The Balaban J connectivity index is 1.64. The molecular weight excluding hydrogens is 354 g/mol. The van der Waals surface area contributed by atoms with E-state index in [-0.39, 0.29) is 18.7 Å². The lowest BCUT2D eigenvalue weighted by atomic mass is 10.2. The molecule has 1 atom stereocenters. The molecule has 3 rings (SSSR count). The first kappa shape index (κ1) is 17.9. The quantitative estimate of drug-likeness (QED) is 0.721. The molecule has 0 bridgehead atoms. The number of aliphatic hydroxyl groups excluding tert-OH is 1. The number of hydrogen-bond donors (Lipinski definition) is 1. The Labute approximate surface area is 154 Å². The molecule has 132 valence electrons. The maximum Gasteiger partial charge on any atom is 0.261 e. The van der Waals surface area contributed by atoms with Gasteiger partial charge in [-0.1, -0.05) is 23.7 Å². The predicted molar refractivity (Wildman–Crippen MR) is 98.3 cm³/mol. The molecule has 6 nitrogen and oxygen atoms in total. The Morgan fingerprint density at radius 3 is 2.77 bits per heavy atom. The van der Waals surface area contributed by atoms with Crippen molar-refractivity contribution in [3.8, 4) is 11.8 Å². The van der Waals surface area contributed by atoms with Crippen LogP contribution in [-0.4, -0.2) is 27.4 Å². The highest BCUT2D eigenvalue weighted by Gasteiger charge is 2.10. The van der Waals surface area contributed by atoms with E-state index in [1.54, 1.807) is 42.5 Å². The lowest BCUT2D eigenvalue weighted by Crippen LogP contribution is -2.30. The number of ether oxygens (including phenoxy) is 1. The number of hydrogen-bond acceptors (Lipinski definition) is 5. The summed E-state index contributed by atoms with van der Waals surface area (Å²) < 4.78 is 6.88. The minimum absolute atomic E-state index is 0.0304. The van der Waals surface area contributed by atoms with E-state index in [0.717, 1.165) is 5.56 Å². The molecule has 0 aliphatic rings. The average molecular weight is 370 g/mol. The maximum atomic E-state index is 12.5. The fourth-order valence-corrected chi connectivity index (χ4v) is 2.69. The number of rotatable bonds is 6. The van der Waals surface area contributed by atoms with Crippen LogP contribution in [0.1, 0.15) is 5.56 Å². The van der Waals surface area contributed by atoms with Crippen molar-refractivity contribution in [2.24, 2.45) is 0 Å². The highest BCUT2D eigenvalue weighted by Crippen LogP contribution is 2.15. The van der Waals surface area contributed by atoms with Crippen LogP contribution in [0.2, 0.25) is 5.02 Å². The van der Waals surface area contributed by atoms with E-state index in [1.807, 2.05) is 0 Å². The van der Waals surface area contributed by atoms with Gasteiger partial charge >= 0.3 is 0 Å². The number of nitrogens with zero attached hydrogens (tertiary/aromatic N) is 3. The van der Waals surface area contributed by atoms with Gasteiger partial charge in [-0.3, -0.25) is 9.36 Å². The van der Waals surface area contributed by atoms with Gasteiger partial charge in [0.25, 0.3) is 5.56 Å². The van der Waals surface area contributed by atoms with E-state index in [2.05, 4.69) is 11.1 Å². The molecule has 1 N–H and O–H groups in total. The van der Waals surface area contributed by atoms with Crippen molar-refractivity contribution in [2.75, 3.05) is 6.61 Å². The summed E-state index contributed by atoms with van der Waals surface area (Å²) in [5.74, 6) is 0.587. The van der Waals surface area contributed by atoms with E-state index in [1.165, 1.54) is 10.9 Å². The van der Waals surface area contributed by atoms with E-state index < -0.39 is 6.10 Å². The maximum absolute atomic E-state index is 12.5. The monoisotopic (exact) mass is 369 g/mol. The number of aromatic nitrogens is 2. The van der Waals surface area contributed by atoms with Crippen molar-refractivity contribution < 1.29 is 9.84 Å². The Hall–Kier alpha value is -2.88. The first-order valence-corrected chi connectivity index (χ1v) is 8.36. The Morgan fingerprint density at radius 1 is 1.27 bits per heavy atom. The molecule has 0 spiro atoms. The summed E-state index contributed by atoms with van der Waals surface area (Å²) in [6.07, 6.45) is 0.852. The van der Waals surface area contributed by atoms with Crippen molar-refractivity contribution >= 4 is 22.5 Å². The van der Waals surface area contributed by atoms with Gasteiger partial charge in [-0.25, -0.2) is 4.98 Å². The average Bonchev–Trinajstić information content (AvgIpc) is 2.64. The second-order valence-electron chi connectivity index (χ2n) is 5.81. The molecule has 0 saturated carbocycles. The molecule has 2 aromatic carbocycles. The molecule has 26 heavy (non-hydrogen) atoms. The van der Waals surface area contributed by atoms with E-state index in [9.17, 15) is 9.90 Å². The fraction of sp³-hybridized carbons (Fsp3) is 0.211. The SMILES string of the molecule is N#CCc1ccc(OCC(O)Cn2cnc3cc(Cl)ccc3c2=O)cc1. The number of nitriles is 1. The summed E-state index contributed by atoms with van der Waals surface area (Å²) in [5.41, 5.74) is 1.17. The molecule has 0 fully saturated rings. The number of halogens is 1. The zero-order chi connectivity index (χ0) is 18.5. The smallest absolute Gasteiger partial charge is 0.261 e. The van der Waals surface area contributed by atoms with Crippen LogP contribution in [0.25, 0.3) is 10.9 Å². The highest BCUT2D eigenvalue weighted by molar-refractivity contribution is 6.31. The van der Waals surface area contributed by atoms with Crippen LogP contribution in [0, 0.1) is 11.3 Å². The summed E-state index contributed by atoms with van der Waals surface area (Å²) in [7, 11) is 0. The van der Waals surface area contributed by atoms with Crippen molar-refractivity contribution in [2.45, 2.75) is 19.1 Å². The van der Waals surface area contributed by atoms with Gasteiger partial charge in [0.1, 0.15) is 18.5 Å². The Bertz CT molecular complexity index is 1010. The number of benzene rings is 2. The van der Waals surface area contributed by atoms with Crippen LogP contribution in [-0.2, 0) is 13.0 Å². The van der Waals surface area contributed by atoms with Gasteiger partial charge in [0.2, 0.25) is 0 Å². The fourth-order valence-electron chi connectivity index (χ4n) is 2.53. The third-order valence-electron chi connectivity index (χ3n) is 3.84. The molecule has 0 radical (unpaired) electrons. The lowest BCUT2D eigenvalue weighted by molar-refractivity contribution is 0.0915. The standard InChI is InChI=1S/C19H16ClN3O3/c20-14-3-6-17-18(9-14)22-12-23(19(17)25)10-15(24)11-26-16-4-1-13(2-5-16)7-8-21/h1-6,9,12,15,24H,7,10-11H2. The molecule has 0 aliphatic carbocycles. The second-order valence-corrected chi connectivity index (χ2v) is 6.24. The molecule has 3 aromatic rings. The van der Waals surface area contributed by atoms with Crippen LogP contribution in [0.15, 0.2) is 53.6 Å². The van der Waals surface area contributed by atoms with Gasteiger partial charge in [-0.05, 0) is 35.9 Å². The highest BCUT2D eigenvalue weighted by atomic mass is 35.5. The number of fused-ring (bicyclic) bond motifs is 1. The molecule has 1 heterocycles. The van der Waals surface area contributed by atoms with Crippen LogP contribution in [0.5, 0.6) is 5.75 Å². The number of aliphatic hydroxyl groups is 1. The van der Waals surface area contributed by atoms with Gasteiger partial charge < -0.3 is 9.84 Å². The van der Waals surface area contributed by atoms with Crippen molar-refractivity contribution in [1.82, 2.24) is 9.55 Å². The summed E-state index contributed by atoms with van der Waals surface area (Å²) >= 11 is 5.90. The predicted octanol–water partition coefficient (Wildman–Crippen LogP) is 2.56. The first-order valence-electron chi connectivity index (χ1n) is 7.98. The van der Waals surface area contributed by atoms with Crippen LogP contribution in [0.3, 0.4) is 0 Å². The van der Waals surface area contributed by atoms with E-state index in [0.29, 0.717) is 28.1 Å². The van der Waals surface area contributed by atoms with Crippen LogP contribution < -0.4 is 10.3 Å². The topological polar surface area (TPSA) is 88.1 Å². The van der Waals surface area contributed by atoms with Gasteiger partial charge in [0.15, 0.2) is 0 Å². The minimum atomic E-state index is -0.877. The Kier molecular flexibility index (Phi) is 5.52. The van der Waals surface area contributed by atoms with E-state index >= 15 is 0 Å². The molecule has 0 saturated heterocycles. The first-order chi connectivity index (χ1) is 12.6. The normalized spacial score (nSPS) is 11.9. The summed E-state index contributed by atoms with van der Waals surface area (Å²) in [5, 5.41) is 19.8. The Morgan fingerprint density at radius 2 is 2.04 bits per heavy atom. The van der Waals surface area contributed by atoms with Gasteiger partial charge in [0.05, 0.1) is 36.3 Å². The third kappa shape index (κ3) is 4.20. The summed E-state index contributed by atoms with van der Waals surface area (Å²) in [4.78, 5) is 16.7. The van der Waals surface area contributed by atoms with Crippen molar-refractivity contribution in [3.63, 3.8) is 0 Å². The van der Waals surface area contributed by atoms with Crippen LogP contribution >= 0.6 is 11.6 Å². The molecule has 0 amide bonds. The lowest BCUT2D eigenvalue weighted by Gasteiger charge is -2.14. The third-order valence-corrected chi connectivity index (χ3v) is 4.08. The summed E-state index contributed by atoms with van der Waals surface area (Å²) in [6.45, 7) is 0.0968. The van der Waals surface area contributed by atoms with E-state index in [4.69, 9.17) is 21.6 Å². The van der Waals surface area contributed by atoms with Crippen LogP contribution in [0.4, 0.5) is 0 Å². The molecule has 1 aromatic heterocycles. The zero-order valence-corrected chi connectivity index (χ0v) is 14.6.